The molecule has 0 aliphatic rings. The largest absolute Gasteiger partial charge is 0.496 e. The van der Waals surface area contributed by atoms with Crippen LogP contribution in [0.4, 0.5) is 4.39 Å². The van der Waals surface area contributed by atoms with E-state index in [0.29, 0.717) is 17.0 Å². The van der Waals surface area contributed by atoms with E-state index in [9.17, 15) is 4.39 Å². The number of nitrogens with one attached hydrogen (secondary N) is 1. The highest BCUT2D eigenvalue weighted by Crippen LogP contribution is 2.34. The summed E-state index contributed by atoms with van der Waals surface area (Å²) in [7, 11) is 3.07. The first-order chi connectivity index (χ1) is 11.5. The number of methoxy groups -OCH3 is 2. The topological polar surface area (TPSA) is 60.0 Å². The first kappa shape index (κ1) is 16.0. The van der Waals surface area contributed by atoms with Gasteiger partial charge in [-0.15, -0.1) is 5.10 Å². The molecule has 3 rings (SSSR count). The predicted octanol–water partition coefficient (Wildman–Crippen LogP) is 3.91. The Morgan fingerprint density at radius 1 is 0.958 bits per heavy atom. The number of aromatic amines is 1. The van der Waals surface area contributed by atoms with Crippen molar-refractivity contribution in [3.8, 4) is 34.0 Å². The maximum Gasteiger partial charge on any atom is 0.165 e. The Balaban J connectivity index is 2.12. The minimum Gasteiger partial charge on any atom is -0.496 e. The first-order valence-corrected chi connectivity index (χ1v) is 7.45. The number of ether oxygens (including phenoxy) is 2. The molecule has 0 saturated heterocycles. The van der Waals surface area contributed by atoms with E-state index in [1.807, 2.05) is 26.0 Å². The first-order valence-electron chi connectivity index (χ1n) is 7.45. The summed E-state index contributed by atoms with van der Waals surface area (Å²) in [6.07, 6.45) is 0. The zero-order valence-electron chi connectivity index (χ0n) is 14.0. The van der Waals surface area contributed by atoms with Gasteiger partial charge in [-0.3, -0.25) is 5.10 Å². The number of rotatable bonds is 4. The molecule has 0 fully saturated rings. The maximum atomic E-state index is 14.0. The van der Waals surface area contributed by atoms with Crippen molar-refractivity contribution in [1.29, 1.82) is 0 Å². The molecular weight excluding hydrogens is 309 g/mol. The fourth-order valence-corrected chi connectivity index (χ4v) is 2.63. The highest BCUT2D eigenvalue weighted by atomic mass is 19.1. The molecule has 0 atom stereocenters. The molecule has 0 unspecified atom stereocenters. The molecule has 1 N–H and O–H groups in total. The average Bonchev–Trinajstić information content (AvgIpc) is 3.06. The van der Waals surface area contributed by atoms with E-state index in [0.717, 1.165) is 22.4 Å². The second kappa shape index (κ2) is 6.31. The van der Waals surface area contributed by atoms with Crippen molar-refractivity contribution in [3.05, 3.63) is 47.3 Å². The van der Waals surface area contributed by atoms with Crippen molar-refractivity contribution < 1.29 is 13.9 Å². The van der Waals surface area contributed by atoms with Gasteiger partial charge in [-0.2, -0.15) is 0 Å². The summed E-state index contributed by atoms with van der Waals surface area (Å²) in [4.78, 5) is 0. The molecule has 124 valence electrons. The van der Waals surface area contributed by atoms with Crippen LogP contribution >= 0.6 is 0 Å². The zero-order valence-corrected chi connectivity index (χ0v) is 14.0. The summed E-state index contributed by atoms with van der Waals surface area (Å²) in [6, 6.07) is 8.66. The van der Waals surface area contributed by atoms with E-state index < -0.39 is 5.82 Å². The zero-order chi connectivity index (χ0) is 17.3. The van der Waals surface area contributed by atoms with Crippen LogP contribution in [0.1, 0.15) is 11.1 Å². The fourth-order valence-electron chi connectivity index (χ4n) is 2.63. The Bertz CT molecular complexity index is 890. The Hall–Kier alpha value is -2.89. The van der Waals surface area contributed by atoms with Crippen LogP contribution in [-0.2, 0) is 0 Å². The SMILES string of the molecule is COc1ccc(-c2[nH]nnc2-c2cc(C)c(C)c(OC)c2)cc1F. The number of halogens is 1. The average molecular weight is 327 g/mol. The molecule has 0 amide bonds. The van der Waals surface area contributed by atoms with E-state index in [1.165, 1.54) is 13.2 Å². The number of hydrogen-bond acceptors (Lipinski definition) is 4. The monoisotopic (exact) mass is 327 g/mol. The van der Waals surface area contributed by atoms with Gasteiger partial charge in [0, 0.05) is 11.1 Å². The Labute approximate surface area is 139 Å². The van der Waals surface area contributed by atoms with E-state index in [1.54, 1.807) is 19.2 Å². The molecule has 0 bridgehead atoms. The number of nitrogens with zero attached hydrogens (tertiary/aromatic N) is 2. The lowest BCUT2D eigenvalue weighted by molar-refractivity contribution is 0.386. The normalized spacial score (nSPS) is 10.7. The van der Waals surface area contributed by atoms with Gasteiger partial charge >= 0.3 is 0 Å². The second-order valence-electron chi connectivity index (χ2n) is 5.51. The second-order valence-corrected chi connectivity index (χ2v) is 5.51. The van der Waals surface area contributed by atoms with Crippen LogP contribution in [0.3, 0.4) is 0 Å². The summed E-state index contributed by atoms with van der Waals surface area (Å²) in [5.74, 6) is 0.536. The summed E-state index contributed by atoms with van der Waals surface area (Å²) in [5, 5.41) is 10.9. The van der Waals surface area contributed by atoms with Gasteiger partial charge in [0.2, 0.25) is 0 Å². The van der Waals surface area contributed by atoms with Gasteiger partial charge in [0.05, 0.1) is 19.9 Å². The van der Waals surface area contributed by atoms with Gasteiger partial charge in [-0.05, 0) is 55.3 Å². The van der Waals surface area contributed by atoms with Gasteiger partial charge < -0.3 is 9.47 Å². The smallest absolute Gasteiger partial charge is 0.165 e. The van der Waals surface area contributed by atoms with Crippen LogP contribution in [0.2, 0.25) is 0 Å². The molecule has 0 aliphatic heterocycles. The van der Waals surface area contributed by atoms with Crippen LogP contribution in [0.5, 0.6) is 11.5 Å². The van der Waals surface area contributed by atoms with Crippen molar-refractivity contribution >= 4 is 0 Å². The van der Waals surface area contributed by atoms with Crippen LogP contribution in [-0.4, -0.2) is 29.6 Å². The van der Waals surface area contributed by atoms with Gasteiger partial charge in [0.25, 0.3) is 0 Å². The molecule has 5 nitrogen and oxygen atoms in total. The van der Waals surface area contributed by atoms with Crippen LogP contribution in [0.25, 0.3) is 22.5 Å². The molecular formula is C18H18FN3O2. The van der Waals surface area contributed by atoms with E-state index in [4.69, 9.17) is 9.47 Å². The lowest BCUT2D eigenvalue weighted by Crippen LogP contribution is -1.93. The highest BCUT2D eigenvalue weighted by molar-refractivity contribution is 5.79. The van der Waals surface area contributed by atoms with Crippen molar-refractivity contribution in [1.82, 2.24) is 15.4 Å². The van der Waals surface area contributed by atoms with Crippen LogP contribution < -0.4 is 9.47 Å². The summed E-state index contributed by atoms with van der Waals surface area (Å²) >= 11 is 0. The third kappa shape index (κ3) is 2.71. The molecule has 0 aliphatic carbocycles. The van der Waals surface area contributed by atoms with Gasteiger partial charge in [0.15, 0.2) is 11.6 Å². The number of aromatic nitrogens is 3. The molecule has 0 radical (unpaired) electrons. The minimum atomic E-state index is -0.437. The lowest BCUT2D eigenvalue weighted by atomic mass is 10.00. The Kier molecular flexibility index (Phi) is 4.20. The molecule has 1 heterocycles. The number of benzene rings is 2. The Morgan fingerprint density at radius 2 is 1.71 bits per heavy atom. The number of H-pyrrole nitrogens is 1. The summed E-state index contributed by atoms with van der Waals surface area (Å²) in [5.41, 5.74) is 4.93. The molecule has 0 saturated carbocycles. The van der Waals surface area contributed by atoms with Crippen molar-refractivity contribution in [2.75, 3.05) is 14.2 Å². The molecule has 0 spiro atoms. The van der Waals surface area contributed by atoms with Gasteiger partial charge in [-0.25, -0.2) is 4.39 Å². The molecule has 24 heavy (non-hydrogen) atoms. The Morgan fingerprint density at radius 3 is 2.38 bits per heavy atom. The van der Waals surface area contributed by atoms with E-state index >= 15 is 0 Å². The van der Waals surface area contributed by atoms with Gasteiger partial charge in [0.1, 0.15) is 11.4 Å². The molecule has 6 heteroatoms. The third-order valence-corrected chi connectivity index (χ3v) is 4.10. The van der Waals surface area contributed by atoms with Gasteiger partial charge in [-0.1, -0.05) is 5.21 Å². The molecule has 2 aromatic carbocycles. The van der Waals surface area contributed by atoms with Crippen molar-refractivity contribution in [2.24, 2.45) is 0 Å². The highest BCUT2D eigenvalue weighted by Gasteiger charge is 2.16. The van der Waals surface area contributed by atoms with E-state index in [2.05, 4.69) is 15.4 Å². The van der Waals surface area contributed by atoms with E-state index in [-0.39, 0.29) is 5.75 Å². The van der Waals surface area contributed by atoms with Crippen molar-refractivity contribution in [2.45, 2.75) is 13.8 Å². The number of hydrogen-bond donors (Lipinski definition) is 1. The third-order valence-electron chi connectivity index (χ3n) is 4.10. The lowest BCUT2D eigenvalue weighted by Gasteiger charge is -2.11. The predicted molar refractivity (Wildman–Crippen MR) is 89.8 cm³/mol. The number of aryl methyl sites for hydroxylation is 1. The quantitative estimate of drug-likeness (QED) is 0.789. The molecule has 1 aromatic heterocycles. The van der Waals surface area contributed by atoms with Crippen LogP contribution in [0.15, 0.2) is 30.3 Å². The standard InChI is InChI=1S/C18H18FN3O2/c1-10-7-13(9-16(24-4)11(10)2)18-17(20-22-21-18)12-5-6-15(23-3)14(19)8-12/h5-9H,1-4H3,(H,20,21,22). The maximum absolute atomic E-state index is 14.0. The van der Waals surface area contributed by atoms with Crippen molar-refractivity contribution in [3.63, 3.8) is 0 Å². The fraction of sp³-hybridized carbons (Fsp3) is 0.222. The minimum absolute atomic E-state index is 0.195. The summed E-state index contributed by atoms with van der Waals surface area (Å²) in [6.45, 7) is 4.01. The summed E-state index contributed by atoms with van der Waals surface area (Å²) < 4.78 is 24.4. The molecule has 3 aromatic rings. The van der Waals surface area contributed by atoms with Crippen LogP contribution in [0, 0.1) is 19.7 Å².